The summed E-state index contributed by atoms with van der Waals surface area (Å²) in [5.74, 6) is -0.325. The third-order valence-electron chi connectivity index (χ3n) is 6.82. The maximum Gasteiger partial charge on any atom is 0.253 e. The van der Waals surface area contributed by atoms with Crippen LogP contribution in [0.25, 0.3) is 22.9 Å². The highest BCUT2D eigenvalue weighted by molar-refractivity contribution is 5.94. The zero-order valence-corrected chi connectivity index (χ0v) is 22.4. The topological polar surface area (TPSA) is 106 Å². The van der Waals surface area contributed by atoms with Crippen LogP contribution in [0, 0.1) is 0 Å². The smallest absolute Gasteiger partial charge is 0.253 e. The largest absolute Gasteiger partial charge is 0.364 e. The number of anilines is 1. The summed E-state index contributed by atoms with van der Waals surface area (Å²) in [6.45, 7) is 10.7. The number of nitrogens with zero attached hydrogens (tertiary/aromatic N) is 6. The molecule has 1 fully saturated rings. The van der Waals surface area contributed by atoms with E-state index < -0.39 is 18.0 Å². The molecule has 2 atom stereocenters. The van der Waals surface area contributed by atoms with Gasteiger partial charge >= 0.3 is 0 Å². The second kappa shape index (κ2) is 10.3. The average molecular weight is 539 g/mol. The lowest BCUT2D eigenvalue weighted by Gasteiger charge is -2.33. The van der Waals surface area contributed by atoms with Gasteiger partial charge < -0.3 is 24.6 Å². The fraction of sp³-hybridized carbons (Fsp3) is 0.407. The molecule has 0 radical (unpaired) electrons. The standard InChI is InChI=1S/C27H32F2N8O2/c1-16(28)23-20-7-6-8-21(31-19-10-11-35(5)15-18(19)29)37(20)33-24(23)25-32-22(39-34-25)13-30-26(38)17-9-12-36(14-17)27(2,3)4/h6-9,12,14,18-19,31H,1,10-11,13,15H2,2-5H3,(H,30,38)/t18-,19+/m0/s1. The van der Waals surface area contributed by atoms with E-state index in [1.165, 1.54) is 4.52 Å². The average Bonchev–Trinajstić information content (AvgIpc) is 3.62. The van der Waals surface area contributed by atoms with Gasteiger partial charge in [0.05, 0.1) is 29.2 Å². The Morgan fingerprint density at radius 3 is 2.77 bits per heavy atom. The Bertz CT molecular complexity index is 1520. The Morgan fingerprint density at radius 1 is 1.28 bits per heavy atom. The van der Waals surface area contributed by atoms with Gasteiger partial charge in [-0.05, 0) is 52.4 Å². The number of piperidine rings is 1. The lowest BCUT2D eigenvalue weighted by atomic mass is 10.0. The normalized spacial score (nSPS) is 18.4. The fourth-order valence-electron chi connectivity index (χ4n) is 4.64. The Kier molecular flexibility index (Phi) is 6.98. The summed E-state index contributed by atoms with van der Waals surface area (Å²) < 4.78 is 38.1. The summed E-state index contributed by atoms with van der Waals surface area (Å²) in [4.78, 5) is 18.9. The molecule has 12 heteroatoms. The summed E-state index contributed by atoms with van der Waals surface area (Å²) in [5, 5.41) is 14.5. The maximum absolute atomic E-state index is 14.7. The summed E-state index contributed by atoms with van der Waals surface area (Å²) >= 11 is 0. The monoisotopic (exact) mass is 538 g/mol. The molecule has 39 heavy (non-hydrogen) atoms. The highest BCUT2D eigenvalue weighted by Gasteiger charge is 2.29. The molecule has 0 aliphatic carbocycles. The number of halogens is 2. The molecule has 0 bridgehead atoms. The Morgan fingerprint density at radius 2 is 2.08 bits per heavy atom. The fourth-order valence-corrected chi connectivity index (χ4v) is 4.64. The summed E-state index contributed by atoms with van der Waals surface area (Å²) in [6, 6.07) is 6.51. The number of hydrogen-bond acceptors (Lipinski definition) is 7. The van der Waals surface area contributed by atoms with Crippen LogP contribution in [0.1, 0.15) is 49.0 Å². The number of pyridine rings is 1. The second-order valence-electron chi connectivity index (χ2n) is 10.8. The van der Waals surface area contributed by atoms with Gasteiger partial charge in [0.2, 0.25) is 11.7 Å². The lowest BCUT2D eigenvalue weighted by molar-refractivity contribution is 0.0946. The van der Waals surface area contributed by atoms with Gasteiger partial charge in [-0.25, -0.2) is 13.3 Å². The van der Waals surface area contributed by atoms with Crippen LogP contribution in [0.5, 0.6) is 0 Å². The van der Waals surface area contributed by atoms with E-state index in [1.807, 2.05) is 43.5 Å². The van der Waals surface area contributed by atoms with Gasteiger partial charge in [-0.15, -0.1) is 0 Å². The molecular weight excluding hydrogens is 506 g/mol. The van der Waals surface area contributed by atoms with Crippen molar-refractivity contribution in [2.24, 2.45) is 0 Å². The predicted molar refractivity (Wildman–Crippen MR) is 144 cm³/mol. The minimum atomic E-state index is -1.06. The van der Waals surface area contributed by atoms with E-state index in [4.69, 9.17) is 4.52 Å². The number of nitrogens with one attached hydrogen (secondary N) is 2. The molecule has 206 valence electrons. The van der Waals surface area contributed by atoms with Crippen molar-refractivity contribution in [3.63, 3.8) is 0 Å². The first-order valence-electron chi connectivity index (χ1n) is 12.8. The first kappa shape index (κ1) is 26.5. The minimum Gasteiger partial charge on any atom is -0.364 e. The van der Waals surface area contributed by atoms with E-state index in [2.05, 4.69) is 32.5 Å². The first-order valence-corrected chi connectivity index (χ1v) is 12.8. The van der Waals surface area contributed by atoms with E-state index >= 15 is 0 Å². The van der Waals surface area contributed by atoms with Gasteiger partial charge in [-0.1, -0.05) is 17.8 Å². The van der Waals surface area contributed by atoms with Gasteiger partial charge in [-0.3, -0.25) is 4.79 Å². The van der Waals surface area contributed by atoms with Crippen LogP contribution in [-0.2, 0) is 12.1 Å². The molecule has 4 aromatic rings. The van der Waals surface area contributed by atoms with Crippen molar-refractivity contribution in [1.29, 1.82) is 0 Å². The molecule has 0 saturated carbocycles. The number of aromatic nitrogens is 5. The SMILES string of the molecule is C=C(F)c1c(-c2noc(CNC(=O)c3ccn(C(C)(C)C)c3)n2)nn2c(N[C@@H]3CCN(C)C[C@@H]3F)cccc12. The zero-order valence-electron chi connectivity index (χ0n) is 22.4. The van der Waals surface area contributed by atoms with Crippen LogP contribution in [0.3, 0.4) is 0 Å². The minimum absolute atomic E-state index is 0.0212. The van der Waals surface area contributed by atoms with Gasteiger partial charge in [0, 0.05) is 31.0 Å². The maximum atomic E-state index is 14.7. The Hall–Kier alpha value is -4.06. The number of likely N-dealkylation sites (tertiary alicyclic amines) is 1. The van der Waals surface area contributed by atoms with Crippen LogP contribution in [0.2, 0.25) is 0 Å². The molecule has 1 aliphatic rings. The number of alkyl halides is 1. The second-order valence-corrected chi connectivity index (χ2v) is 10.8. The highest BCUT2D eigenvalue weighted by Crippen LogP contribution is 2.32. The molecule has 1 amide bonds. The Balaban J connectivity index is 1.37. The number of carbonyl (C=O) groups excluding carboxylic acids is 1. The van der Waals surface area contributed by atoms with Crippen LogP contribution in [-0.4, -0.2) is 67.5 Å². The van der Waals surface area contributed by atoms with Crippen molar-refractivity contribution in [2.45, 2.75) is 51.5 Å². The summed E-state index contributed by atoms with van der Waals surface area (Å²) in [6.07, 6.45) is 3.17. The number of amides is 1. The molecule has 5 heterocycles. The molecule has 1 aliphatic heterocycles. The van der Waals surface area contributed by atoms with Crippen LogP contribution < -0.4 is 10.6 Å². The summed E-state index contributed by atoms with van der Waals surface area (Å²) in [7, 11) is 1.89. The van der Waals surface area contributed by atoms with E-state index in [9.17, 15) is 13.6 Å². The van der Waals surface area contributed by atoms with Crippen LogP contribution >= 0.6 is 0 Å². The molecule has 5 rings (SSSR count). The van der Waals surface area contributed by atoms with Gasteiger partial charge in [0.15, 0.2) is 0 Å². The van der Waals surface area contributed by atoms with Crippen molar-refractivity contribution in [2.75, 3.05) is 25.5 Å². The molecule has 10 nitrogen and oxygen atoms in total. The molecule has 0 unspecified atom stereocenters. The number of hydrogen-bond donors (Lipinski definition) is 2. The highest BCUT2D eigenvalue weighted by atomic mass is 19.1. The lowest BCUT2D eigenvalue weighted by Crippen LogP contribution is -2.46. The van der Waals surface area contributed by atoms with E-state index in [1.54, 1.807) is 30.5 Å². The van der Waals surface area contributed by atoms with E-state index in [-0.39, 0.29) is 41.0 Å². The zero-order chi connectivity index (χ0) is 27.9. The molecule has 1 saturated heterocycles. The molecule has 0 spiro atoms. The molecule has 2 N–H and O–H groups in total. The van der Waals surface area contributed by atoms with Crippen molar-refractivity contribution >= 4 is 23.1 Å². The van der Waals surface area contributed by atoms with Crippen molar-refractivity contribution < 1.29 is 18.1 Å². The quantitative estimate of drug-likeness (QED) is 0.362. The Labute approximate surface area is 224 Å². The van der Waals surface area contributed by atoms with Gasteiger partial charge in [0.1, 0.15) is 23.5 Å². The molecule has 4 aromatic heterocycles. The number of carbonyl (C=O) groups is 1. The first-order chi connectivity index (χ1) is 18.5. The van der Waals surface area contributed by atoms with E-state index in [0.29, 0.717) is 29.9 Å². The molecular formula is C27H32F2N8O2. The van der Waals surface area contributed by atoms with Crippen LogP contribution in [0.4, 0.5) is 14.6 Å². The van der Waals surface area contributed by atoms with Gasteiger partial charge in [-0.2, -0.15) is 10.1 Å². The number of fused-ring (bicyclic) bond motifs is 1. The number of rotatable bonds is 7. The van der Waals surface area contributed by atoms with Gasteiger partial charge in [0.25, 0.3) is 5.91 Å². The molecule has 0 aromatic carbocycles. The van der Waals surface area contributed by atoms with Crippen molar-refractivity contribution in [1.82, 2.24) is 34.5 Å². The van der Waals surface area contributed by atoms with Crippen molar-refractivity contribution in [3.8, 4) is 11.5 Å². The van der Waals surface area contributed by atoms with Crippen molar-refractivity contribution in [3.05, 3.63) is 60.3 Å². The third-order valence-corrected chi connectivity index (χ3v) is 6.82. The third kappa shape index (κ3) is 5.42. The summed E-state index contributed by atoms with van der Waals surface area (Å²) in [5.41, 5.74) is 1.01. The van der Waals surface area contributed by atoms with Crippen LogP contribution in [0.15, 0.2) is 47.8 Å². The predicted octanol–water partition coefficient (Wildman–Crippen LogP) is 4.27. The van der Waals surface area contributed by atoms with E-state index in [0.717, 1.165) is 6.54 Å².